The van der Waals surface area contributed by atoms with Crippen LogP contribution in [0.2, 0.25) is 0 Å². The van der Waals surface area contributed by atoms with Gasteiger partial charge in [-0.2, -0.15) is 23.4 Å². The summed E-state index contributed by atoms with van der Waals surface area (Å²) < 4.78 is 41.9. The quantitative estimate of drug-likeness (QED) is 0.420. The van der Waals surface area contributed by atoms with Gasteiger partial charge in [-0.15, -0.1) is 0 Å². The van der Waals surface area contributed by atoms with Crippen LogP contribution in [0.3, 0.4) is 0 Å². The number of nitrogen functional groups attached to an aromatic ring is 1. The molecule has 0 aliphatic carbocycles. The predicted molar refractivity (Wildman–Crippen MR) is 123 cm³/mol. The number of carbonyl (C=O) groups is 1. The molecule has 5 rings (SSSR count). The standard InChI is InChI=1S/C23H19F3N8O/c1-32-12-16(9-29-32)34(11-15-5-4-14(8-28-15)23(24,25)26)22(35)13-3-6-19-17(7-13)18-10-30-33(2)20(18)21(27)31-19/h3-10,12H,11H2,1-2H3,(H2,27,31). The normalized spacial score (nSPS) is 11.9. The molecule has 0 saturated carbocycles. The third-order valence-electron chi connectivity index (χ3n) is 5.68. The monoisotopic (exact) mass is 480 g/mol. The summed E-state index contributed by atoms with van der Waals surface area (Å²) in [7, 11) is 3.45. The minimum absolute atomic E-state index is 0.0526. The highest BCUT2D eigenvalue weighted by molar-refractivity contribution is 6.13. The van der Waals surface area contributed by atoms with Gasteiger partial charge in [0, 0.05) is 42.8 Å². The summed E-state index contributed by atoms with van der Waals surface area (Å²) in [5.74, 6) is -0.0487. The highest BCUT2D eigenvalue weighted by Crippen LogP contribution is 2.30. The minimum Gasteiger partial charge on any atom is -0.382 e. The van der Waals surface area contributed by atoms with Crippen LogP contribution >= 0.6 is 0 Å². The maximum atomic E-state index is 13.7. The number of benzene rings is 1. The molecule has 35 heavy (non-hydrogen) atoms. The fraction of sp³-hybridized carbons (Fsp3) is 0.174. The Hall–Kier alpha value is -4.48. The number of halogens is 3. The van der Waals surface area contributed by atoms with Crippen molar-refractivity contribution in [2.75, 3.05) is 10.6 Å². The fourth-order valence-corrected chi connectivity index (χ4v) is 3.93. The predicted octanol–water partition coefficient (Wildman–Crippen LogP) is 3.70. The molecular weight excluding hydrogens is 461 g/mol. The molecule has 1 aromatic carbocycles. The van der Waals surface area contributed by atoms with E-state index in [0.29, 0.717) is 39.2 Å². The minimum atomic E-state index is -4.50. The van der Waals surface area contributed by atoms with Crippen LogP contribution in [0.4, 0.5) is 24.7 Å². The average molecular weight is 480 g/mol. The van der Waals surface area contributed by atoms with E-state index in [-0.39, 0.29) is 12.5 Å². The van der Waals surface area contributed by atoms with E-state index in [2.05, 4.69) is 20.2 Å². The van der Waals surface area contributed by atoms with E-state index in [1.807, 2.05) is 0 Å². The lowest BCUT2D eigenvalue weighted by atomic mass is 10.1. The van der Waals surface area contributed by atoms with Gasteiger partial charge in [0.2, 0.25) is 0 Å². The SMILES string of the molecule is Cn1cc(N(Cc2ccc(C(F)(F)F)cn2)C(=O)c2ccc3nc(N)c4c(cnn4C)c3c2)cn1. The van der Waals surface area contributed by atoms with Crippen molar-refractivity contribution < 1.29 is 18.0 Å². The molecule has 178 valence electrons. The van der Waals surface area contributed by atoms with Gasteiger partial charge in [0.05, 0.1) is 41.4 Å². The molecule has 4 heterocycles. The topological polar surface area (TPSA) is 108 Å². The van der Waals surface area contributed by atoms with Crippen LogP contribution < -0.4 is 10.6 Å². The van der Waals surface area contributed by atoms with Gasteiger partial charge in [-0.25, -0.2) is 4.98 Å². The molecule has 9 nitrogen and oxygen atoms in total. The van der Waals surface area contributed by atoms with Crippen LogP contribution in [0, 0.1) is 0 Å². The highest BCUT2D eigenvalue weighted by atomic mass is 19.4. The van der Waals surface area contributed by atoms with Gasteiger partial charge in [0.15, 0.2) is 0 Å². The summed E-state index contributed by atoms with van der Waals surface area (Å²) in [6.45, 7) is -0.0526. The van der Waals surface area contributed by atoms with Crippen molar-refractivity contribution in [3.05, 3.63) is 71.9 Å². The van der Waals surface area contributed by atoms with Crippen molar-refractivity contribution in [3.8, 4) is 0 Å². The Morgan fingerprint density at radius 1 is 1.06 bits per heavy atom. The molecular formula is C23H19F3N8O. The molecule has 0 spiro atoms. The molecule has 0 unspecified atom stereocenters. The zero-order valence-corrected chi connectivity index (χ0v) is 18.7. The molecule has 5 aromatic rings. The van der Waals surface area contributed by atoms with Crippen molar-refractivity contribution in [2.45, 2.75) is 12.7 Å². The van der Waals surface area contributed by atoms with Gasteiger partial charge in [-0.1, -0.05) is 0 Å². The number of fused-ring (bicyclic) bond motifs is 3. The van der Waals surface area contributed by atoms with Crippen LogP contribution in [0.1, 0.15) is 21.6 Å². The van der Waals surface area contributed by atoms with Crippen molar-refractivity contribution in [3.63, 3.8) is 0 Å². The number of aromatic nitrogens is 6. The van der Waals surface area contributed by atoms with E-state index in [1.165, 1.54) is 21.8 Å². The maximum Gasteiger partial charge on any atom is 0.417 e. The second-order valence-corrected chi connectivity index (χ2v) is 8.06. The van der Waals surface area contributed by atoms with Crippen LogP contribution in [0.5, 0.6) is 0 Å². The largest absolute Gasteiger partial charge is 0.417 e. The lowest BCUT2D eigenvalue weighted by Gasteiger charge is -2.21. The number of anilines is 2. The molecule has 0 fully saturated rings. The number of nitrogens with two attached hydrogens (primary N) is 1. The first kappa shape index (κ1) is 22.3. The summed E-state index contributed by atoms with van der Waals surface area (Å²) in [5, 5.41) is 9.83. The number of rotatable bonds is 4. The first-order valence-electron chi connectivity index (χ1n) is 10.5. The second kappa shape index (κ2) is 8.08. The van der Waals surface area contributed by atoms with Gasteiger partial charge in [0.1, 0.15) is 11.3 Å². The van der Waals surface area contributed by atoms with E-state index < -0.39 is 11.7 Å². The van der Waals surface area contributed by atoms with Crippen LogP contribution in [-0.4, -0.2) is 35.4 Å². The number of aryl methyl sites for hydroxylation is 2. The third kappa shape index (κ3) is 4.03. The molecule has 1 amide bonds. The Labute approximate surface area is 196 Å². The van der Waals surface area contributed by atoms with Crippen LogP contribution in [0.25, 0.3) is 21.8 Å². The number of amides is 1. The summed E-state index contributed by atoms with van der Waals surface area (Å²) in [6, 6.07) is 7.23. The van der Waals surface area contributed by atoms with Crippen molar-refractivity contribution in [2.24, 2.45) is 14.1 Å². The Bertz CT molecular complexity index is 1570. The molecule has 0 bridgehead atoms. The van der Waals surface area contributed by atoms with Gasteiger partial charge in [-0.3, -0.25) is 24.0 Å². The molecule has 0 atom stereocenters. The number of pyridine rings is 2. The third-order valence-corrected chi connectivity index (χ3v) is 5.68. The van der Waals surface area contributed by atoms with Gasteiger partial charge >= 0.3 is 6.18 Å². The highest BCUT2D eigenvalue weighted by Gasteiger charge is 2.31. The van der Waals surface area contributed by atoms with E-state index >= 15 is 0 Å². The van der Waals surface area contributed by atoms with Crippen molar-refractivity contribution >= 4 is 39.2 Å². The van der Waals surface area contributed by atoms with Crippen molar-refractivity contribution in [1.82, 2.24) is 29.5 Å². The van der Waals surface area contributed by atoms with Gasteiger partial charge < -0.3 is 5.73 Å². The Kier molecular flexibility index (Phi) is 5.15. The van der Waals surface area contributed by atoms with Gasteiger partial charge in [-0.05, 0) is 30.3 Å². The Morgan fingerprint density at radius 2 is 1.86 bits per heavy atom. The average Bonchev–Trinajstić information content (AvgIpc) is 3.43. The maximum absolute atomic E-state index is 13.7. The second-order valence-electron chi connectivity index (χ2n) is 8.06. The van der Waals surface area contributed by atoms with E-state index in [4.69, 9.17) is 5.73 Å². The van der Waals surface area contributed by atoms with E-state index in [0.717, 1.165) is 17.6 Å². The summed E-state index contributed by atoms with van der Waals surface area (Å²) in [5.41, 5.74) is 7.60. The van der Waals surface area contributed by atoms with Gasteiger partial charge in [0.25, 0.3) is 5.91 Å². The van der Waals surface area contributed by atoms with Crippen LogP contribution in [0.15, 0.2) is 55.1 Å². The Morgan fingerprint density at radius 3 is 2.51 bits per heavy atom. The van der Waals surface area contributed by atoms with E-state index in [9.17, 15) is 18.0 Å². The van der Waals surface area contributed by atoms with Crippen LogP contribution in [-0.2, 0) is 26.8 Å². The van der Waals surface area contributed by atoms with E-state index in [1.54, 1.807) is 49.4 Å². The number of alkyl halides is 3. The zero-order chi connectivity index (χ0) is 24.9. The number of hydrogen-bond donors (Lipinski definition) is 1. The Balaban J connectivity index is 1.56. The lowest BCUT2D eigenvalue weighted by Crippen LogP contribution is -2.30. The first-order chi connectivity index (χ1) is 16.6. The molecule has 0 saturated heterocycles. The fourth-order valence-electron chi connectivity index (χ4n) is 3.93. The molecule has 4 aromatic heterocycles. The molecule has 2 N–H and O–H groups in total. The zero-order valence-electron chi connectivity index (χ0n) is 18.7. The molecule has 0 aliphatic heterocycles. The first-order valence-corrected chi connectivity index (χ1v) is 10.5. The molecule has 0 radical (unpaired) electrons. The lowest BCUT2D eigenvalue weighted by molar-refractivity contribution is -0.137. The smallest absolute Gasteiger partial charge is 0.382 e. The number of carbonyl (C=O) groups excluding carboxylic acids is 1. The molecule has 12 heteroatoms. The summed E-state index contributed by atoms with van der Waals surface area (Å²) in [6.07, 6.45) is 1.07. The van der Waals surface area contributed by atoms with Crippen molar-refractivity contribution in [1.29, 1.82) is 0 Å². The number of hydrogen-bond acceptors (Lipinski definition) is 6. The summed E-state index contributed by atoms with van der Waals surface area (Å²) >= 11 is 0. The molecule has 0 aliphatic rings. The summed E-state index contributed by atoms with van der Waals surface area (Å²) in [4.78, 5) is 23.4. The number of nitrogens with zero attached hydrogens (tertiary/aromatic N) is 7.